The maximum Gasteiger partial charge on any atom is 0.258 e. The number of benzene rings is 3. The second-order valence-electron chi connectivity index (χ2n) is 6.96. The molecule has 0 atom stereocenters. The first-order valence-corrected chi connectivity index (χ1v) is 10.2. The van der Waals surface area contributed by atoms with Crippen LogP contribution in [0.4, 0.5) is 0 Å². The van der Waals surface area contributed by atoms with Crippen LogP contribution in [0.25, 0.3) is 0 Å². The quantitative estimate of drug-likeness (QED) is 0.502. The molecule has 3 nitrogen and oxygen atoms in total. The lowest BCUT2D eigenvalue weighted by molar-refractivity contribution is -0.123. The fourth-order valence-electron chi connectivity index (χ4n) is 2.99. The summed E-state index contributed by atoms with van der Waals surface area (Å²) in [5.74, 6) is 0.930. The molecule has 0 radical (unpaired) electrons. The maximum atomic E-state index is 12.6. The molecular formula is C24H24BrNO2. The predicted octanol–water partition coefficient (Wildman–Crippen LogP) is 5.86. The first-order valence-electron chi connectivity index (χ1n) is 9.36. The van der Waals surface area contributed by atoms with Gasteiger partial charge in [0.05, 0.1) is 10.5 Å². The van der Waals surface area contributed by atoms with Gasteiger partial charge in [0.1, 0.15) is 5.75 Å². The molecule has 144 valence electrons. The predicted molar refractivity (Wildman–Crippen MR) is 117 cm³/mol. The molecule has 1 N–H and O–H groups in total. The third kappa shape index (κ3) is 5.23. The monoisotopic (exact) mass is 437 g/mol. The Morgan fingerprint density at radius 3 is 1.96 bits per heavy atom. The van der Waals surface area contributed by atoms with Crippen molar-refractivity contribution < 1.29 is 9.53 Å². The Labute approximate surface area is 174 Å². The highest BCUT2D eigenvalue weighted by Gasteiger charge is 2.17. The molecule has 0 aliphatic carbocycles. The van der Waals surface area contributed by atoms with Crippen LogP contribution in [-0.2, 0) is 4.79 Å². The fraction of sp³-hybridized carbons (Fsp3) is 0.208. The summed E-state index contributed by atoms with van der Waals surface area (Å²) in [6.07, 6.45) is 0. The van der Waals surface area contributed by atoms with Gasteiger partial charge >= 0.3 is 0 Å². The highest BCUT2D eigenvalue weighted by molar-refractivity contribution is 9.10. The topological polar surface area (TPSA) is 38.3 Å². The van der Waals surface area contributed by atoms with E-state index in [1.54, 1.807) is 0 Å². The van der Waals surface area contributed by atoms with Gasteiger partial charge in [-0.15, -0.1) is 0 Å². The smallest absolute Gasteiger partial charge is 0.258 e. The highest BCUT2D eigenvalue weighted by Crippen LogP contribution is 2.29. The van der Waals surface area contributed by atoms with Crippen molar-refractivity contribution in [3.05, 3.63) is 100 Å². The van der Waals surface area contributed by atoms with Gasteiger partial charge in [0.25, 0.3) is 5.91 Å². The van der Waals surface area contributed by atoms with E-state index in [4.69, 9.17) is 4.74 Å². The van der Waals surface area contributed by atoms with Crippen LogP contribution in [0.15, 0.2) is 83.3 Å². The van der Waals surface area contributed by atoms with Gasteiger partial charge in [-0.25, -0.2) is 0 Å². The Kier molecular flexibility index (Phi) is 6.88. The summed E-state index contributed by atoms with van der Waals surface area (Å²) in [6, 6.07) is 25.6. The first-order chi connectivity index (χ1) is 13.5. The molecule has 0 aliphatic rings. The van der Waals surface area contributed by atoms with E-state index in [0.29, 0.717) is 11.7 Å². The van der Waals surface area contributed by atoms with Crippen molar-refractivity contribution in [3.63, 3.8) is 0 Å². The van der Waals surface area contributed by atoms with Crippen molar-refractivity contribution >= 4 is 21.8 Å². The molecule has 3 aromatic carbocycles. The van der Waals surface area contributed by atoms with E-state index in [1.807, 2.05) is 78.9 Å². The standard InChI is InChI=1S/C24H24BrNO2/c1-17(2)20-13-14-22(21(25)15-20)28-16-23(27)26-24(18-9-5-3-6-10-18)19-11-7-4-8-12-19/h3-15,17,24H,16H2,1-2H3,(H,26,27). The molecule has 0 spiro atoms. The lowest BCUT2D eigenvalue weighted by Gasteiger charge is -2.20. The molecule has 1 amide bonds. The largest absolute Gasteiger partial charge is 0.483 e. The molecule has 3 rings (SSSR count). The van der Waals surface area contributed by atoms with Crippen LogP contribution >= 0.6 is 15.9 Å². The molecule has 0 heterocycles. The summed E-state index contributed by atoms with van der Waals surface area (Å²) in [5.41, 5.74) is 3.28. The van der Waals surface area contributed by atoms with E-state index < -0.39 is 0 Å². The van der Waals surface area contributed by atoms with Crippen molar-refractivity contribution in [1.29, 1.82) is 0 Å². The number of carbonyl (C=O) groups excluding carboxylic acids is 1. The second kappa shape index (κ2) is 9.56. The van der Waals surface area contributed by atoms with Crippen molar-refractivity contribution in [2.75, 3.05) is 6.61 Å². The Balaban J connectivity index is 1.69. The summed E-state index contributed by atoms with van der Waals surface area (Å²) in [5, 5.41) is 3.09. The molecular weight excluding hydrogens is 414 g/mol. The number of rotatable bonds is 7. The highest BCUT2D eigenvalue weighted by atomic mass is 79.9. The number of ether oxygens (including phenoxy) is 1. The third-order valence-corrected chi connectivity index (χ3v) is 5.17. The van der Waals surface area contributed by atoms with Crippen LogP contribution in [-0.4, -0.2) is 12.5 Å². The minimum absolute atomic E-state index is 0.0458. The van der Waals surface area contributed by atoms with Crippen molar-refractivity contribution in [2.45, 2.75) is 25.8 Å². The third-order valence-electron chi connectivity index (χ3n) is 4.55. The number of halogens is 1. The van der Waals surface area contributed by atoms with Crippen LogP contribution in [0.2, 0.25) is 0 Å². The number of amides is 1. The minimum atomic E-state index is -0.217. The van der Waals surface area contributed by atoms with E-state index in [9.17, 15) is 4.79 Å². The van der Waals surface area contributed by atoms with Crippen LogP contribution in [0, 0.1) is 0 Å². The van der Waals surface area contributed by atoms with Gasteiger partial charge in [-0.2, -0.15) is 0 Å². The molecule has 0 unspecified atom stereocenters. The Hall–Kier alpha value is -2.59. The van der Waals surface area contributed by atoms with Gasteiger partial charge in [0.2, 0.25) is 0 Å². The molecule has 0 saturated heterocycles. The summed E-state index contributed by atoms with van der Waals surface area (Å²) in [6.45, 7) is 4.24. The molecule has 0 aliphatic heterocycles. The van der Waals surface area contributed by atoms with Crippen molar-refractivity contribution in [3.8, 4) is 5.75 Å². The average molecular weight is 438 g/mol. The molecule has 0 saturated carbocycles. The first kappa shape index (κ1) is 20.2. The van der Waals surface area contributed by atoms with E-state index in [-0.39, 0.29) is 18.6 Å². The summed E-state index contributed by atoms with van der Waals surface area (Å²) in [7, 11) is 0. The molecule has 28 heavy (non-hydrogen) atoms. The molecule has 0 bridgehead atoms. The van der Waals surface area contributed by atoms with Crippen LogP contribution < -0.4 is 10.1 Å². The normalized spacial score (nSPS) is 10.9. The average Bonchev–Trinajstić information content (AvgIpc) is 2.72. The molecule has 4 heteroatoms. The number of nitrogens with one attached hydrogen (secondary N) is 1. The van der Waals surface area contributed by atoms with Crippen molar-refractivity contribution in [2.24, 2.45) is 0 Å². The van der Waals surface area contributed by atoms with Crippen LogP contribution in [0.5, 0.6) is 5.75 Å². The number of carbonyl (C=O) groups is 1. The summed E-state index contributed by atoms with van der Waals surface area (Å²) in [4.78, 5) is 12.6. The molecule has 0 fully saturated rings. The van der Waals surface area contributed by atoms with Crippen LogP contribution in [0.3, 0.4) is 0 Å². The lowest BCUT2D eigenvalue weighted by Crippen LogP contribution is -2.33. The van der Waals surface area contributed by atoms with Gasteiger partial charge in [-0.1, -0.05) is 80.6 Å². The zero-order valence-electron chi connectivity index (χ0n) is 16.1. The van der Waals surface area contributed by atoms with Gasteiger partial charge in [0.15, 0.2) is 6.61 Å². The maximum absolute atomic E-state index is 12.6. The van der Waals surface area contributed by atoms with E-state index in [0.717, 1.165) is 15.6 Å². The Morgan fingerprint density at radius 1 is 0.893 bits per heavy atom. The lowest BCUT2D eigenvalue weighted by atomic mass is 9.99. The number of hydrogen-bond donors (Lipinski definition) is 1. The van der Waals surface area contributed by atoms with E-state index in [1.165, 1.54) is 5.56 Å². The number of hydrogen-bond acceptors (Lipinski definition) is 2. The minimum Gasteiger partial charge on any atom is -0.483 e. The van der Waals surface area contributed by atoms with Gasteiger partial charge < -0.3 is 10.1 Å². The van der Waals surface area contributed by atoms with Crippen molar-refractivity contribution in [1.82, 2.24) is 5.32 Å². The SMILES string of the molecule is CC(C)c1ccc(OCC(=O)NC(c2ccccc2)c2ccccc2)c(Br)c1. The molecule has 0 aromatic heterocycles. The Bertz CT molecular complexity index is 871. The van der Waals surface area contributed by atoms with Gasteiger partial charge in [0, 0.05) is 0 Å². The Morgan fingerprint density at radius 2 is 1.46 bits per heavy atom. The zero-order chi connectivity index (χ0) is 19.9. The molecule has 3 aromatic rings. The summed E-state index contributed by atoms with van der Waals surface area (Å²) < 4.78 is 6.60. The van der Waals surface area contributed by atoms with E-state index in [2.05, 4.69) is 35.1 Å². The fourth-order valence-corrected chi connectivity index (χ4v) is 3.50. The summed E-state index contributed by atoms with van der Waals surface area (Å²) >= 11 is 3.53. The van der Waals surface area contributed by atoms with Gasteiger partial charge in [-0.3, -0.25) is 4.79 Å². The van der Waals surface area contributed by atoms with E-state index >= 15 is 0 Å². The second-order valence-corrected chi connectivity index (χ2v) is 7.81. The van der Waals surface area contributed by atoms with Gasteiger partial charge in [-0.05, 0) is 50.7 Å². The zero-order valence-corrected chi connectivity index (χ0v) is 17.6. The van der Waals surface area contributed by atoms with Crippen LogP contribution in [0.1, 0.15) is 42.5 Å².